The van der Waals surface area contributed by atoms with E-state index in [0.29, 0.717) is 29.3 Å². The summed E-state index contributed by atoms with van der Waals surface area (Å²) >= 11 is 0. The summed E-state index contributed by atoms with van der Waals surface area (Å²) in [6, 6.07) is 5.81. The van der Waals surface area contributed by atoms with Crippen molar-refractivity contribution in [1.29, 1.82) is 0 Å². The first kappa shape index (κ1) is 11.8. The Morgan fingerprint density at radius 3 is 2.65 bits per heavy atom. The van der Waals surface area contributed by atoms with E-state index in [4.69, 9.17) is 5.73 Å². The van der Waals surface area contributed by atoms with Crippen LogP contribution in [0.1, 0.15) is 36.2 Å². The Labute approximate surface area is 116 Å². The van der Waals surface area contributed by atoms with E-state index >= 15 is 0 Å². The Balaban J connectivity index is 1.61. The topological polar surface area (TPSA) is 83.8 Å². The quantitative estimate of drug-likeness (QED) is 0.743. The number of nitrogens with one attached hydrogen (secondary N) is 2. The molecule has 2 aliphatic carbocycles. The molecule has 4 rings (SSSR count). The van der Waals surface area contributed by atoms with Gasteiger partial charge in [0.25, 0.3) is 5.91 Å². The molecule has 1 heterocycles. The fourth-order valence-corrected chi connectivity index (χ4v) is 2.96. The van der Waals surface area contributed by atoms with Crippen LogP contribution in [0.25, 0.3) is 10.9 Å². The molecule has 0 aliphatic heterocycles. The molecule has 2 saturated carbocycles. The third-order valence-electron chi connectivity index (χ3n) is 4.36. The van der Waals surface area contributed by atoms with Crippen molar-refractivity contribution in [3.63, 3.8) is 0 Å². The molecule has 1 aromatic heterocycles. The van der Waals surface area contributed by atoms with Gasteiger partial charge in [-0.1, -0.05) is 0 Å². The predicted molar refractivity (Wildman–Crippen MR) is 77.2 cm³/mol. The molecule has 4 N–H and O–H groups in total. The highest BCUT2D eigenvalue weighted by molar-refractivity contribution is 6.05. The molecule has 0 radical (unpaired) electrons. The molecule has 1 amide bonds. The molecule has 1 aromatic carbocycles. The number of fused-ring (bicyclic) bond motifs is 1. The minimum absolute atomic E-state index is 0.0781. The van der Waals surface area contributed by atoms with Gasteiger partial charge in [-0.3, -0.25) is 9.89 Å². The molecule has 5 nitrogen and oxygen atoms in total. The summed E-state index contributed by atoms with van der Waals surface area (Å²) in [7, 11) is 0. The van der Waals surface area contributed by atoms with Crippen molar-refractivity contribution in [1.82, 2.24) is 15.5 Å². The Bertz CT molecular complexity index is 658. The van der Waals surface area contributed by atoms with Crippen LogP contribution in [-0.2, 0) is 0 Å². The van der Waals surface area contributed by atoms with E-state index < -0.39 is 0 Å². The Morgan fingerprint density at radius 2 is 2.00 bits per heavy atom. The van der Waals surface area contributed by atoms with Crippen molar-refractivity contribution in [3.8, 4) is 0 Å². The summed E-state index contributed by atoms with van der Waals surface area (Å²) in [5.74, 6) is 1.29. The summed E-state index contributed by atoms with van der Waals surface area (Å²) in [6.07, 6.45) is 4.98. The van der Waals surface area contributed by atoms with Gasteiger partial charge in [0.15, 0.2) is 5.69 Å². The Kier molecular flexibility index (Phi) is 2.49. The lowest BCUT2D eigenvalue weighted by Gasteiger charge is -2.16. The number of H-pyrrole nitrogens is 1. The lowest BCUT2D eigenvalue weighted by atomic mass is 10.1. The Morgan fingerprint density at radius 1 is 1.30 bits per heavy atom. The van der Waals surface area contributed by atoms with Crippen LogP contribution in [-0.4, -0.2) is 22.1 Å². The first-order valence-corrected chi connectivity index (χ1v) is 7.27. The molecule has 2 aromatic rings. The number of benzene rings is 1. The van der Waals surface area contributed by atoms with Gasteiger partial charge < -0.3 is 11.1 Å². The van der Waals surface area contributed by atoms with E-state index in [-0.39, 0.29) is 5.91 Å². The van der Waals surface area contributed by atoms with E-state index in [1.54, 1.807) is 12.1 Å². The number of hydrogen-bond acceptors (Lipinski definition) is 3. The highest BCUT2D eigenvalue weighted by Crippen LogP contribution is 2.44. The van der Waals surface area contributed by atoms with Gasteiger partial charge in [-0.15, -0.1) is 0 Å². The van der Waals surface area contributed by atoms with Crippen LogP contribution in [0.15, 0.2) is 18.2 Å². The number of aromatic amines is 1. The largest absolute Gasteiger partial charge is 0.399 e. The summed E-state index contributed by atoms with van der Waals surface area (Å²) < 4.78 is 0. The molecule has 5 heteroatoms. The number of nitrogens with zero attached hydrogens (tertiary/aromatic N) is 1. The van der Waals surface area contributed by atoms with Crippen LogP contribution in [0.2, 0.25) is 0 Å². The highest BCUT2D eigenvalue weighted by Gasteiger charge is 2.42. The summed E-state index contributed by atoms with van der Waals surface area (Å²) in [6.45, 7) is 0. The van der Waals surface area contributed by atoms with E-state index in [9.17, 15) is 4.79 Å². The van der Waals surface area contributed by atoms with Crippen molar-refractivity contribution in [3.05, 3.63) is 23.9 Å². The first-order chi connectivity index (χ1) is 9.72. The molecule has 0 atom stereocenters. The third kappa shape index (κ3) is 2.03. The lowest BCUT2D eigenvalue weighted by Crippen LogP contribution is -2.38. The molecule has 2 aliphatic rings. The molecular weight excluding hydrogens is 252 g/mol. The van der Waals surface area contributed by atoms with E-state index in [1.165, 1.54) is 25.7 Å². The standard InChI is InChI=1S/C15H18N4O/c16-10-5-6-12-11(7-10)14(19-18-12)15(20)17-13(8-1-2-8)9-3-4-9/h5-9,13H,1-4,16H2,(H,17,20)(H,18,19). The second kappa shape index (κ2) is 4.23. The maximum Gasteiger partial charge on any atom is 0.272 e. The summed E-state index contributed by atoms with van der Waals surface area (Å²) in [5, 5.41) is 11.0. The zero-order valence-electron chi connectivity index (χ0n) is 11.2. The van der Waals surface area contributed by atoms with Crippen LogP contribution in [0.4, 0.5) is 5.69 Å². The molecule has 104 valence electrons. The molecule has 0 bridgehead atoms. The molecule has 0 unspecified atom stereocenters. The minimum Gasteiger partial charge on any atom is -0.399 e. The summed E-state index contributed by atoms with van der Waals surface area (Å²) in [4.78, 5) is 12.5. The first-order valence-electron chi connectivity index (χ1n) is 7.27. The van der Waals surface area contributed by atoms with Gasteiger partial charge in [-0.25, -0.2) is 0 Å². The fourth-order valence-electron chi connectivity index (χ4n) is 2.96. The number of nitrogen functional groups attached to an aromatic ring is 1. The number of carbonyl (C=O) groups excluding carboxylic acids is 1. The van der Waals surface area contributed by atoms with Crippen LogP contribution < -0.4 is 11.1 Å². The van der Waals surface area contributed by atoms with Gasteiger partial charge in [0.05, 0.1) is 5.52 Å². The average Bonchev–Trinajstić information content (AvgIpc) is 3.33. The van der Waals surface area contributed by atoms with Crippen LogP contribution in [0.3, 0.4) is 0 Å². The zero-order chi connectivity index (χ0) is 13.7. The maximum atomic E-state index is 12.5. The van der Waals surface area contributed by atoms with Crippen LogP contribution in [0, 0.1) is 11.8 Å². The SMILES string of the molecule is Nc1ccc2[nH]nc(C(=O)NC(C3CC3)C3CC3)c2c1. The van der Waals surface area contributed by atoms with Gasteiger partial charge in [0.2, 0.25) is 0 Å². The van der Waals surface area contributed by atoms with Crippen molar-refractivity contribution < 1.29 is 4.79 Å². The molecular formula is C15H18N4O. The smallest absolute Gasteiger partial charge is 0.272 e. The van der Waals surface area contributed by atoms with Crippen molar-refractivity contribution in [2.45, 2.75) is 31.7 Å². The highest BCUT2D eigenvalue weighted by atomic mass is 16.2. The van der Waals surface area contributed by atoms with Gasteiger partial charge >= 0.3 is 0 Å². The van der Waals surface area contributed by atoms with Crippen LogP contribution in [0.5, 0.6) is 0 Å². The van der Waals surface area contributed by atoms with Gasteiger partial charge in [-0.05, 0) is 55.7 Å². The normalized spacial score (nSPS) is 18.6. The number of rotatable bonds is 4. The van der Waals surface area contributed by atoms with Crippen molar-refractivity contribution >= 4 is 22.5 Å². The lowest BCUT2D eigenvalue weighted by molar-refractivity contribution is 0.0923. The number of nitrogens with two attached hydrogens (primary N) is 1. The van der Waals surface area contributed by atoms with Gasteiger partial charge in [-0.2, -0.15) is 5.10 Å². The molecule has 2 fully saturated rings. The number of anilines is 1. The van der Waals surface area contributed by atoms with Crippen molar-refractivity contribution in [2.75, 3.05) is 5.73 Å². The average molecular weight is 270 g/mol. The number of aromatic nitrogens is 2. The van der Waals surface area contributed by atoms with Crippen molar-refractivity contribution in [2.24, 2.45) is 11.8 Å². The second-order valence-electron chi connectivity index (χ2n) is 6.05. The van der Waals surface area contributed by atoms with E-state index in [2.05, 4.69) is 15.5 Å². The fraction of sp³-hybridized carbons (Fsp3) is 0.467. The number of amides is 1. The molecule has 20 heavy (non-hydrogen) atoms. The summed E-state index contributed by atoms with van der Waals surface area (Å²) in [5.41, 5.74) is 7.75. The Hall–Kier alpha value is -2.04. The number of hydrogen-bond donors (Lipinski definition) is 3. The maximum absolute atomic E-state index is 12.5. The van der Waals surface area contributed by atoms with Gasteiger partial charge in [0.1, 0.15) is 0 Å². The van der Waals surface area contributed by atoms with Crippen LogP contribution >= 0.6 is 0 Å². The minimum atomic E-state index is -0.0781. The molecule has 0 spiro atoms. The predicted octanol–water partition coefficient (Wildman–Crippen LogP) is 2.06. The second-order valence-corrected chi connectivity index (χ2v) is 6.05. The third-order valence-corrected chi connectivity index (χ3v) is 4.36. The monoisotopic (exact) mass is 270 g/mol. The van der Waals surface area contributed by atoms with E-state index in [1.807, 2.05) is 6.07 Å². The van der Waals surface area contributed by atoms with E-state index in [0.717, 1.165) is 10.9 Å². The number of carbonyl (C=O) groups is 1. The molecule has 0 saturated heterocycles. The zero-order valence-corrected chi connectivity index (χ0v) is 11.2. The van der Waals surface area contributed by atoms with Gasteiger partial charge in [0, 0.05) is 17.1 Å².